The molecule has 0 fully saturated rings. The molecule has 7 nitrogen and oxygen atoms in total. The van der Waals surface area contributed by atoms with Gasteiger partial charge in [0.1, 0.15) is 0 Å². The van der Waals surface area contributed by atoms with E-state index in [-0.39, 0.29) is 35.9 Å². The van der Waals surface area contributed by atoms with E-state index in [0.29, 0.717) is 12.1 Å². The van der Waals surface area contributed by atoms with Gasteiger partial charge in [-0.1, -0.05) is 31.2 Å². The summed E-state index contributed by atoms with van der Waals surface area (Å²) in [4.78, 5) is 11.8. The molecule has 0 aliphatic carbocycles. The van der Waals surface area contributed by atoms with Crippen molar-refractivity contribution < 1.29 is 20.1 Å². The molecule has 1 unspecified atom stereocenters. The highest BCUT2D eigenvalue weighted by molar-refractivity contribution is 5.95. The average molecular weight is 440 g/mol. The monoisotopic (exact) mass is 439 g/mol. The smallest absolute Gasteiger partial charge is 0.241 e. The summed E-state index contributed by atoms with van der Waals surface area (Å²) in [5.74, 6) is -0.379. The molecule has 0 saturated heterocycles. The van der Waals surface area contributed by atoms with E-state index >= 15 is 0 Å². The van der Waals surface area contributed by atoms with Crippen LogP contribution in [0, 0.1) is 6.92 Å². The van der Waals surface area contributed by atoms with Gasteiger partial charge < -0.3 is 31.3 Å². The van der Waals surface area contributed by atoms with E-state index in [9.17, 15) is 9.90 Å². The lowest BCUT2D eigenvalue weighted by Gasteiger charge is -2.14. The fraction of sp³-hybridized carbons (Fsp3) is 0.409. The van der Waals surface area contributed by atoms with Crippen molar-refractivity contribution in [3.63, 3.8) is 0 Å². The Morgan fingerprint density at radius 1 is 1.10 bits per heavy atom. The van der Waals surface area contributed by atoms with E-state index in [1.807, 2.05) is 38.1 Å². The lowest BCUT2D eigenvalue weighted by atomic mass is 10.1. The average Bonchev–Trinajstić information content (AvgIpc) is 2.70. The van der Waals surface area contributed by atoms with Gasteiger partial charge in [0, 0.05) is 12.2 Å². The number of likely N-dealkylation sites (N-methyl/N-ethyl adjacent to an activating group) is 1. The van der Waals surface area contributed by atoms with Crippen LogP contribution in [0.2, 0.25) is 0 Å². The zero-order valence-electron chi connectivity index (χ0n) is 18.0. The number of hydrogen-bond acceptors (Lipinski definition) is 6. The molecule has 0 bridgehead atoms. The van der Waals surface area contributed by atoms with Crippen LogP contribution >= 0.6 is 12.4 Å². The van der Waals surface area contributed by atoms with Crippen molar-refractivity contribution in [1.82, 2.24) is 10.6 Å². The van der Waals surface area contributed by atoms with Gasteiger partial charge in [-0.3, -0.25) is 4.79 Å². The molecule has 2 aromatic carbocycles. The Kier molecular flexibility index (Phi) is 13.5. The first-order chi connectivity index (χ1) is 13.8. The third-order valence-corrected chi connectivity index (χ3v) is 4.28. The molecule has 30 heavy (non-hydrogen) atoms. The molecule has 2 atom stereocenters. The zero-order valence-corrected chi connectivity index (χ0v) is 18.8. The first-order valence-corrected chi connectivity index (χ1v) is 9.74. The molecule has 0 radical (unpaired) electrons. The summed E-state index contributed by atoms with van der Waals surface area (Å²) in [5, 5.41) is 36.5. The Morgan fingerprint density at radius 2 is 1.77 bits per heavy atom. The quantitative estimate of drug-likeness (QED) is 0.352. The predicted octanol–water partition coefficient (Wildman–Crippen LogP) is 3.09. The van der Waals surface area contributed by atoms with Crippen molar-refractivity contribution in [2.75, 3.05) is 25.5 Å². The Balaban J connectivity index is 0.000000553. The van der Waals surface area contributed by atoms with Crippen LogP contribution < -0.4 is 16.0 Å². The summed E-state index contributed by atoms with van der Waals surface area (Å²) < 4.78 is 0. The van der Waals surface area contributed by atoms with E-state index < -0.39 is 6.10 Å². The van der Waals surface area contributed by atoms with Crippen LogP contribution in [-0.4, -0.2) is 47.4 Å². The summed E-state index contributed by atoms with van der Waals surface area (Å²) in [7, 11) is 1.73. The maximum absolute atomic E-state index is 11.8. The van der Waals surface area contributed by atoms with Crippen molar-refractivity contribution in [2.45, 2.75) is 39.3 Å². The number of phenolic OH excluding ortho intramolecular Hbond substituents is 2. The molecular weight excluding hydrogens is 406 g/mol. The number of rotatable bonds is 8. The first kappa shape index (κ1) is 27.7. The number of aliphatic hydroxyl groups is 1. The van der Waals surface area contributed by atoms with E-state index in [2.05, 4.69) is 22.9 Å². The molecule has 0 aliphatic heterocycles. The number of phenols is 2. The zero-order chi connectivity index (χ0) is 21.8. The van der Waals surface area contributed by atoms with Gasteiger partial charge in [-0.05, 0) is 63.2 Å². The Hall–Kier alpha value is -2.32. The number of aromatic hydroxyl groups is 2. The van der Waals surface area contributed by atoms with Gasteiger partial charge in [-0.25, -0.2) is 0 Å². The van der Waals surface area contributed by atoms with Gasteiger partial charge in [0.25, 0.3) is 0 Å². The fourth-order valence-corrected chi connectivity index (χ4v) is 2.47. The fourth-order valence-electron chi connectivity index (χ4n) is 2.47. The molecule has 0 aliphatic rings. The first-order valence-electron chi connectivity index (χ1n) is 9.74. The second-order valence-corrected chi connectivity index (χ2v) is 6.80. The number of halogens is 1. The molecule has 1 amide bonds. The Bertz CT molecular complexity index is 774. The number of carbonyl (C=O) groups is 1. The minimum absolute atomic E-state index is 0. The van der Waals surface area contributed by atoms with Crippen molar-refractivity contribution in [3.8, 4) is 11.5 Å². The number of carbonyl (C=O) groups excluding carboxylic acids is 1. The van der Waals surface area contributed by atoms with Gasteiger partial charge in [-0.15, -0.1) is 12.4 Å². The lowest BCUT2D eigenvalue weighted by molar-refractivity contribution is -0.117. The number of aryl methyl sites for hydroxylation is 1. The van der Waals surface area contributed by atoms with E-state index in [0.717, 1.165) is 24.2 Å². The summed E-state index contributed by atoms with van der Waals surface area (Å²) in [6.45, 7) is 7.22. The Labute approximate surface area is 184 Å². The second-order valence-electron chi connectivity index (χ2n) is 6.80. The summed E-state index contributed by atoms with van der Waals surface area (Å²) in [5.41, 5.74) is 2.54. The van der Waals surface area contributed by atoms with E-state index in [1.54, 1.807) is 13.1 Å². The summed E-state index contributed by atoms with van der Waals surface area (Å²) in [6, 6.07) is 11.9. The van der Waals surface area contributed by atoms with Crippen LogP contribution in [-0.2, 0) is 4.79 Å². The van der Waals surface area contributed by atoms with Crippen LogP contribution in [0.25, 0.3) is 0 Å². The number of amides is 1. The molecule has 0 heterocycles. The summed E-state index contributed by atoms with van der Waals surface area (Å²) in [6.07, 6.45) is 0.360. The minimum Gasteiger partial charge on any atom is -0.504 e. The molecule has 8 heteroatoms. The number of hydrogen-bond donors (Lipinski definition) is 6. The molecule has 2 rings (SSSR count). The molecular formula is C22H34ClN3O4. The standard InChI is InChI=1S/C13H20N2O.C9H13NO3.ClH/c1-4-9-14-11(3)13(16)15-12-8-6-5-7-10(12)2;1-10-5-9(13)6-2-3-7(11)8(12)4-6;/h5-8,11,14H,4,9H2,1-3H3,(H,15,16);2-4,9-13H,5H2,1H3;1H/t;9-;/m.0./s1. The van der Waals surface area contributed by atoms with Gasteiger partial charge >= 0.3 is 0 Å². The largest absolute Gasteiger partial charge is 0.504 e. The molecule has 0 saturated carbocycles. The van der Waals surface area contributed by atoms with Crippen molar-refractivity contribution in [3.05, 3.63) is 53.6 Å². The molecule has 0 spiro atoms. The summed E-state index contributed by atoms with van der Waals surface area (Å²) >= 11 is 0. The van der Waals surface area contributed by atoms with Gasteiger partial charge in [0.2, 0.25) is 5.91 Å². The third kappa shape index (κ3) is 9.45. The maximum atomic E-state index is 11.8. The highest BCUT2D eigenvalue weighted by atomic mass is 35.5. The molecule has 168 valence electrons. The van der Waals surface area contributed by atoms with Crippen LogP contribution in [0.4, 0.5) is 5.69 Å². The number of anilines is 1. The number of para-hydroxylation sites is 1. The van der Waals surface area contributed by atoms with Crippen molar-refractivity contribution in [1.29, 1.82) is 0 Å². The maximum Gasteiger partial charge on any atom is 0.241 e. The van der Waals surface area contributed by atoms with Gasteiger partial charge in [0.05, 0.1) is 12.1 Å². The minimum atomic E-state index is -0.670. The second kappa shape index (κ2) is 14.6. The Morgan fingerprint density at radius 3 is 2.33 bits per heavy atom. The topological polar surface area (TPSA) is 114 Å². The highest BCUT2D eigenvalue weighted by Crippen LogP contribution is 2.27. The van der Waals surface area contributed by atoms with Crippen LogP contribution in [0.5, 0.6) is 11.5 Å². The number of nitrogens with one attached hydrogen (secondary N) is 3. The van der Waals surface area contributed by atoms with Crippen molar-refractivity contribution >= 4 is 24.0 Å². The molecule has 6 N–H and O–H groups in total. The third-order valence-electron chi connectivity index (χ3n) is 4.28. The normalized spacial score (nSPS) is 12.0. The highest BCUT2D eigenvalue weighted by Gasteiger charge is 2.12. The number of aliphatic hydroxyl groups excluding tert-OH is 1. The molecule has 0 aromatic heterocycles. The predicted molar refractivity (Wildman–Crippen MR) is 123 cm³/mol. The lowest BCUT2D eigenvalue weighted by Crippen LogP contribution is -2.38. The van der Waals surface area contributed by atoms with Crippen LogP contribution in [0.3, 0.4) is 0 Å². The van der Waals surface area contributed by atoms with Crippen LogP contribution in [0.1, 0.15) is 37.5 Å². The van der Waals surface area contributed by atoms with Gasteiger partial charge in [-0.2, -0.15) is 0 Å². The number of benzene rings is 2. The van der Waals surface area contributed by atoms with Crippen LogP contribution in [0.15, 0.2) is 42.5 Å². The van der Waals surface area contributed by atoms with Gasteiger partial charge in [0.15, 0.2) is 11.5 Å². The van der Waals surface area contributed by atoms with E-state index in [4.69, 9.17) is 10.2 Å². The SMILES string of the molecule is CCCNC(C)C(=O)Nc1ccccc1C.CNC[C@H](O)c1ccc(O)c(O)c1.Cl. The van der Waals surface area contributed by atoms with Crippen molar-refractivity contribution in [2.24, 2.45) is 0 Å². The molecule has 2 aromatic rings. The van der Waals surface area contributed by atoms with E-state index in [1.165, 1.54) is 12.1 Å².